The zero-order valence-electron chi connectivity index (χ0n) is 17.0. The molecule has 5 rings (SSSR count). The molecule has 0 bridgehead atoms. The molecule has 2 unspecified atom stereocenters. The minimum absolute atomic E-state index is 0.0985. The zero-order valence-corrected chi connectivity index (χ0v) is 17.0. The van der Waals surface area contributed by atoms with Gasteiger partial charge in [-0.05, 0) is 18.9 Å². The van der Waals surface area contributed by atoms with Crippen LogP contribution in [0.15, 0.2) is 41.4 Å². The topological polar surface area (TPSA) is 111 Å². The van der Waals surface area contributed by atoms with E-state index >= 15 is 8.78 Å². The number of benzene rings is 1. The van der Waals surface area contributed by atoms with Gasteiger partial charge in [0.2, 0.25) is 11.2 Å². The minimum atomic E-state index is -1.07. The van der Waals surface area contributed by atoms with E-state index < -0.39 is 45.4 Å². The molecule has 1 aliphatic heterocycles. The van der Waals surface area contributed by atoms with Crippen LogP contribution in [0, 0.1) is 27.7 Å². The molecule has 2 aromatic rings. The third-order valence-electron chi connectivity index (χ3n) is 6.45. The number of hydrogen-bond acceptors (Lipinski definition) is 6. The Labute approximate surface area is 180 Å². The van der Waals surface area contributed by atoms with E-state index in [0.29, 0.717) is 19.4 Å². The molecule has 2 heterocycles. The van der Waals surface area contributed by atoms with Gasteiger partial charge >= 0.3 is 0 Å². The highest BCUT2D eigenvalue weighted by Crippen LogP contribution is 2.41. The molecule has 2 fully saturated rings. The summed E-state index contributed by atoms with van der Waals surface area (Å²) >= 11 is 0. The predicted octanol–water partition coefficient (Wildman–Crippen LogP) is 2.33. The zero-order chi connectivity index (χ0) is 22.8. The molecule has 166 valence electrons. The highest BCUT2D eigenvalue weighted by atomic mass is 19.1. The second kappa shape index (κ2) is 7.06. The first-order valence-electron chi connectivity index (χ1n) is 10.3. The normalized spacial score (nSPS) is 24.2. The van der Waals surface area contributed by atoms with E-state index in [1.807, 2.05) is 18.2 Å². The molecule has 2 atom stereocenters. The first kappa shape index (κ1) is 20.5. The van der Waals surface area contributed by atoms with Crippen LogP contribution in [-0.2, 0) is 0 Å². The Hall–Kier alpha value is -3.40. The van der Waals surface area contributed by atoms with Crippen LogP contribution < -0.4 is 16.1 Å². The molecule has 1 aromatic heterocycles. The number of nitrogens with two attached hydrogens (primary N) is 1. The number of fused-ring (bicyclic) bond motifs is 2. The van der Waals surface area contributed by atoms with E-state index in [1.165, 1.54) is 10.8 Å². The lowest BCUT2D eigenvalue weighted by atomic mass is 9.85. The van der Waals surface area contributed by atoms with Crippen molar-refractivity contribution in [1.29, 1.82) is 0 Å². The number of allylic oxidation sites excluding steroid dienone is 2. The Morgan fingerprint density at radius 3 is 2.72 bits per heavy atom. The molecule has 1 saturated carbocycles. The van der Waals surface area contributed by atoms with Crippen molar-refractivity contribution in [3.63, 3.8) is 0 Å². The smallest absolute Gasteiger partial charge is 0.266 e. The van der Waals surface area contributed by atoms with Crippen molar-refractivity contribution in [3.8, 4) is 0 Å². The number of Topliss-reactive ketones (excluding diaryl/α,β-unsaturated/α-hetero) is 1. The number of ketones is 1. The maximum absolute atomic E-state index is 15.8. The summed E-state index contributed by atoms with van der Waals surface area (Å²) in [5, 5.41) is 10.5. The Bertz CT molecular complexity index is 1300. The summed E-state index contributed by atoms with van der Waals surface area (Å²) in [7, 11) is 0. The summed E-state index contributed by atoms with van der Waals surface area (Å²) in [6.07, 6.45) is 9.95. The molecule has 10 heteroatoms. The Morgan fingerprint density at radius 2 is 2.06 bits per heavy atom. The number of hydrogen-bond donors (Lipinski definition) is 1. The van der Waals surface area contributed by atoms with Crippen LogP contribution >= 0.6 is 0 Å². The molecule has 3 aliphatic rings. The molecular weight excluding hydrogens is 422 g/mol. The van der Waals surface area contributed by atoms with Crippen molar-refractivity contribution in [1.82, 2.24) is 4.57 Å². The number of carbonyl (C=O) groups excluding carboxylic acids is 1. The van der Waals surface area contributed by atoms with Gasteiger partial charge in [-0.3, -0.25) is 19.7 Å². The SMILES string of the molecule is NC12C=CC=CC1CN(c1c(F)cc3c(=O)c(C(=O)C[N+](=O)[O-])cn(C4CC4)c3c1F)C2. The minimum Gasteiger partial charge on any atom is -0.364 e. The Kier molecular flexibility index (Phi) is 4.52. The second-order valence-electron chi connectivity index (χ2n) is 8.68. The maximum Gasteiger partial charge on any atom is 0.266 e. The lowest BCUT2D eigenvalue weighted by molar-refractivity contribution is -0.465. The summed E-state index contributed by atoms with van der Waals surface area (Å²) in [5.41, 5.74) is 3.97. The highest BCUT2D eigenvalue weighted by Gasteiger charge is 2.43. The van der Waals surface area contributed by atoms with Gasteiger partial charge in [-0.1, -0.05) is 24.3 Å². The van der Waals surface area contributed by atoms with Gasteiger partial charge in [-0.2, -0.15) is 0 Å². The summed E-state index contributed by atoms with van der Waals surface area (Å²) in [6, 6.07) is 0.760. The molecule has 2 N–H and O–H groups in total. The van der Waals surface area contributed by atoms with Crippen LogP contribution in [0.1, 0.15) is 29.2 Å². The lowest BCUT2D eigenvalue weighted by Crippen LogP contribution is -2.46. The van der Waals surface area contributed by atoms with Gasteiger partial charge in [0.25, 0.3) is 6.54 Å². The number of anilines is 1. The van der Waals surface area contributed by atoms with Crippen LogP contribution in [0.25, 0.3) is 10.9 Å². The van der Waals surface area contributed by atoms with Crippen molar-refractivity contribution in [2.45, 2.75) is 24.4 Å². The van der Waals surface area contributed by atoms with Gasteiger partial charge in [0.05, 0.1) is 22.0 Å². The van der Waals surface area contributed by atoms with Crippen molar-refractivity contribution < 1.29 is 18.5 Å². The summed E-state index contributed by atoms with van der Waals surface area (Å²) < 4.78 is 32.5. The molecular formula is C22H20F2N4O4. The van der Waals surface area contributed by atoms with E-state index in [0.717, 1.165) is 6.07 Å². The van der Waals surface area contributed by atoms with Crippen LogP contribution in [0.5, 0.6) is 0 Å². The number of carbonyl (C=O) groups is 1. The van der Waals surface area contributed by atoms with Crippen LogP contribution in [0.4, 0.5) is 14.5 Å². The number of aromatic nitrogens is 1. The Morgan fingerprint density at radius 1 is 1.31 bits per heavy atom. The highest BCUT2D eigenvalue weighted by molar-refractivity contribution is 6.00. The maximum atomic E-state index is 15.8. The van der Waals surface area contributed by atoms with E-state index in [-0.39, 0.29) is 35.1 Å². The van der Waals surface area contributed by atoms with Crippen LogP contribution in [0.3, 0.4) is 0 Å². The van der Waals surface area contributed by atoms with Gasteiger partial charge in [0.15, 0.2) is 5.82 Å². The van der Waals surface area contributed by atoms with Crippen molar-refractivity contribution >= 4 is 22.4 Å². The van der Waals surface area contributed by atoms with Crippen LogP contribution in [0.2, 0.25) is 0 Å². The fourth-order valence-electron chi connectivity index (χ4n) is 4.70. The van der Waals surface area contributed by atoms with Crippen LogP contribution in [-0.4, -0.2) is 40.4 Å². The molecule has 0 amide bonds. The molecule has 2 aliphatic carbocycles. The summed E-state index contributed by atoms with van der Waals surface area (Å²) in [5.74, 6) is -2.95. The van der Waals surface area contributed by atoms with Gasteiger partial charge in [-0.25, -0.2) is 8.78 Å². The first-order valence-corrected chi connectivity index (χ1v) is 10.3. The molecule has 32 heavy (non-hydrogen) atoms. The summed E-state index contributed by atoms with van der Waals surface area (Å²) in [6.45, 7) is -0.558. The van der Waals surface area contributed by atoms with E-state index in [4.69, 9.17) is 5.73 Å². The number of rotatable bonds is 5. The second-order valence-corrected chi connectivity index (χ2v) is 8.68. The fraction of sp³-hybridized carbons (Fsp3) is 0.364. The van der Waals surface area contributed by atoms with Crippen molar-refractivity contribution in [3.05, 3.63) is 74.1 Å². The molecule has 8 nitrogen and oxygen atoms in total. The number of nitro groups is 1. The first-order chi connectivity index (χ1) is 15.2. The molecule has 1 saturated heterocycles. The third-order valence-corrected chi connectivity index (χ3v) is 6.45. The summed E-state index contributed by atoms with van der Waals surface area (Å²) in [4.78, 5) is 36.6. The quantitative estimate of drug-likeness (QED) is 0.432. The van der Waals surface area contributed by atoms with Crippen molar-refractivity contribution in [2.75, 3.05) is 24.5 Å². The molecule has 1 aromatic carbocycles. The monoisotopic (exact) mass is 442 g/mol. The van der Waals surface area contributed by atoms with E-state index in [2.05, 4.69) is 0 Å². The molecule has 0 radical (unpaired) electrons. The molecule has 0 spiro atoms. The average Bonchev–Trinajstić information content (AvgIpc) is 3.49. The van der Waals surface area contributed by atoms with E-state index in [9.17, 15) is 19.7 Å². The van der Waals surface area contributed by atoms with Gasteiger partial charge in [0.1, 0.15) is 11.5 Å². The third kappa shape index (κ3) is 3.13. The van der Waals surface area contributed by atoms with Crippen molar-refractivity contribution in [2.24, 2.45) is 11.7 Å². The van der Waals surface area contributed by atoms with Gasteiger partial charge in [0, 0.05) is 36.2 Å². The lowest BCUT2D eigenvalue weighted by Gasteiger charge is -2.27. The largest absolute Gasteiger partial charge is 0.364 e. The predicted molar refractivity (Wildman–Crippen MR) is 113 cm³/mol. The standard InChI is InChI=1S/C22H20F2N4O4/c23-16-7-14-19(18(24)20(16)26-8-12-3-1-2-6-22(12,25)11-26)27(13-4-5-13)9-15(21(14)30)17(29)10-28(31)32/h1-3,6-7,9,12-13H,4-5,8,10-11,25H2. The van der Waals surface area contributed by atoms with Gasteiger partial charge < -0.3 is 15.2 Å². The fourth-order valence-corrected chi connectivity index (χ4v) is 4.70. The van der Waals surface area contributed by atoms with Gasteiger partial charge in [-0.15, -0.1) is 0 Å². The average molecular weight is 442 g/mol. The number of pyridine rings is 1. The Balaban J connectivity index is 1.68. The van der Waals surface area contributed by atoms with E-state index in [1.54, 1.807) is 11.0 Å². The number of halogens is 2. The number of nitrogens with zero attached hydrogens (tertiary/aromatic N) is 3.